The Kier molecular flexibility index (Phi) is 5.46. The second-order valence-electron chi connectivity index (χ2n) is 4.41. The summed E-state index contributed by atoms with van der Waals surface area (Å²) in [6.45, 7) is 2.97. The van der Waals surface area contributed by atoms with Gasteiger partial charge in [-0.1, -0.05) is 45.7 Å². The third-order valence-corrected chi connectivity index (χ3v) is 4.65. The molecule has 2 rings (SSSR count). The highest BCUT2D eigenvalue weighted by atomic mass is 79.9. The van der Waals surface area contributed by atoms with Gasteiger partial charge in [0.25, 0.3) is 0 Å². The molecule has 0 radical (unpaired) electrons. The zero-order chi connectivity index (χ0) is 13.8. The van der Waals surface area contributed by atoms with Crippen molar-refractivity contribution in [2.24, 2.45) is 0 Å². The molecule has 0 aliphatic rings. The molecule has 1 atom stereocenters. The number of rotatable bonds is 4. The molecule has 0 heterocycles. The van der Waals surface area contributed by atoms with E-state index >= 15 is 0 Å². The Labute approximate surface area is 135 Å². The first kappa shape index (κ1) is 15.0. The highest BCUT2D eigenvalue weighted by Gasteiger charge is 2.06. The van der Waals surface area contributed by atoms with Crippen molar-refractivity contribution in [3.63, 3.8) is 0 Å². The van der Waals surface area contributed by atoms with Gasteiger partial charge in [0.15, 0.2) is 0 Å². The van der Waals surface area contributed by atoms with E-state index in [4.69, 9.17) is 11.6 Å². The number of halogens is 3. The molecule has 0 amide bonds. The maximum absolute atomic E-state index is 5.98. The molecule has 0 aliphatic heterocycles. The zero-order valence-electron chi connectivity index (χ0n) is 10.5. The molecule has 0 aliphatic carbocycles. The van der Waals surface area contributed by atoms with Gasteiger partial charge in [-0.2, -0.15) is 0 Å². The summed E-state index contributed by atoms with van der Waals surface area (Å²) < 4.78 is 2.04. The maximum Gasteiger partial charge on any atom is 0.0548 e. The van der Waals surface area contributed by atoms with Crippen molar-refractivity contribution in [3.8, 4) is 0 Å². The molecule has 0 saturated carbocycles. The molecule has 2 aromatic rings. The standard InChI is InChI=1S/C15H14Br2ClN/c1-10(12-3-2-4-13(16)8-12)19-9-11-5-6-15(18)14(17)7-11/h2-8,10,19H,9H2,1H3/t10-/m0/s1. The fraction of sp³-hybridized carbons (Fsp3) is 0.200. The molecule has 0 unspecified atom stereocenters. The lowest BCUT2D eigenvalue weighted by Gasteiger charge is -2.15. The van der Waals surface area contributed by atoms with Gasteiger partial charge < -0.3 is 5.32 Å². The van der Waals surface area contributed by atoms with Crippen molar-refractivity contribution in [2.75, 3.05) is 0 Å². The summed E-state index contributed by atoms with van der Waals surface area (Å²) in [6.07, 6.45) is 0. The van der Waals surface area contributed by atoms with Gasteiger partial charge >= 0.3 is 0 Å². The Morgan fingerprint density at radius 3 is 2.63 bits per heavy atom. The van der Waals surface area contributed by atoms with Gasteiger partial charge in [-0.3, -0.25) is 0 Å². The van der Waals surface area contributed by atoms with Crippen LogP contribution >= 0.6 is 43.5 Å². The summed E-state index contributed by atoms with van der Waals surface area (Å²) >= 11 is 12.9. The fourth-order valence-corrected chi connectivity index (χ4v) is 2.78. The van der Waals surface area contributed by atoms with Crippen LogP contribution in [0.4, 0.5) is 0 Å². The Hall–Kier alpha value is -0.350. The summed E-state index contributed by atoms with van der Waals surface area (Å²) in [4.78, 5) is 0. The summed E-state index contributed by atoms with van der Waals surface area (Å²) in [5.74, 6) is 0. The van der Waals surface area contributed by atoms with Crippen molar-refractivity contribution in [1.29, 1.82) is 0 Å². The van der Waals surface area contributed by atoms with Crippen molar-refractivity contribution in [1.82, 2.24) is 5.32 Å². The van der Waals surface area contributed by atoms with Crippen LogP contribution in [0.25, 0.3) is 0 Å². The van der Waals surface area contributed by atoms with E-state index in [2.05, 4.69) is 62.3 Å². The van der Waals surface area contributed by atoms with Gasteiger partial charge in [-0.25, -0.2) is 0 Å². The molecule has 19 heavy (non-hydrogen) atoms. The SMILES string of the molecule is C[C@H](NCc1ccc(Cl)c(Br)c1)c1cccc(Br)c1. The van der Waals surface area contributed by atoms with Crippen molar-refractivity contribution in [2.45, 2.75) is 19.5 Å². The van der Waals surface area contributed by atoms with Gasteiger partial charge in [-0.05, 0) is 58.2 Å². The molecule has 1 N–H and O–H groups in total. The molecule has 100 valence electrons. The number of nitrogens with one attached hydrogen (secondary N) is 1. The Balaban J connectivity index is 2.00. The van der Waals surface area contributed by atoms with Crippen molar-refractivity contribution < 1.29 is 0 Å². The molecule has 0 bridgehead atoms. The lowest BCUT2D eigenvalue weighted by atomic mass is 10.1. The summed E-state index contributed by atoms with van der Waals surface area (Å²) in [6, 6.07) is 14.6. The van der Waals surface area contributed by atoms with Crippen molar-refractivity contribution in [3.05, 3.63) is 67.6 Å². The van der Waals surface area contributed by atoms with Crippen LogP contribution in [0.5, 0.6) is 0 Å². The third-order valence-electron chi connectivity index (χ3n) is 2.95. The number of benzene rings is 2. The van der Waals surface area contributed by atoms with Gasteiger partial charge in [0.2, 0.25) is 0 Å². The topological polar surface area (TPSA) is 12.0 Å². The molecule has 1 nitrogen and oxygen atoms in total. The van der Waals surface area contributed by atoms with E-state index in [1.807, 2.05) is 24.3 Å². The highest BCUT2D eigenvalue weighted by Crippen LogP contribution is 2.24. The van der Waals surface area contributed by atoms with E-state index in [0.717, 1.165) is 20.5 Å². The average molecular weight is 404 g/mol. The van der Waals surface area contributed by atoms with E-state index in [1.54, 1.807) is 0 Å². The number of hydrogen-bond donors (Lipinski definition) is 1. The van der Waals surface area contributed by atoms with Crippen LogP contribution in [0, 0.1) is 0 Å². The normalized spacial score (nSPS) is 12.4. The lowest BCUT2D eigenvalue weighted by molar-refractivity contribution is 0.574. The molecular formula is C15H14Br2ClN. The van der Waals surface area contributed by atoms with E-state index in [0.29, 0.717) is 6.04 Å². The van der Waals surface area contributed by atoms with Gasteiger partial charge in [0, 0.05) is 21.5 Å². The number of hydrogen-bond acceptors (Lipinski definition) is 1. The maximum atomic E-state index is 5.98. The minimum absolute atomic E-state index is 0.298. The second kappa shape index (κ2) is 6.89. The average Bonchev–Trinajstić information content (AvgIpc) is 2.40. The van der Waals surface area contributed by atoms with E-state index in [9.17, 15) is 0 Å². The molecule has 4 heteroatoms. The first-order chi connectivity index (χ1) is 9.06. The molecular weight excluding hydrogens is 389 g/mol. The van der Waals surface area contributed by atoms with Gasteiger partial charge in [-0.15, -0.1) is 0 Å². The third kappa shape index (κ3) is 4.32. The quantitative estimate of drug-likeness (QED) is 0.689. The first-order valence-electron chi connectivity index (χ1n) is 5.99. The van der Waals surface area contributed by atoms with Gasteiger partial charge in [0.05, 0.1) is 5.02 Å². The van der Waals surface area contributed by atoms with Crippen LogP contribution in [0.2, 0.25) is 5.02 Å². The van der Waals surface area contributed by atoms with E-state index < -0.39 is 0 Å². The Morgan fingerprint density at radius 1 is 1.16 bits per heavy atom. The first-order valence-corrected chi connectivity index (χ1v) is 7.95. The monoisotopic (exact) mass is 401 g/mol. The van der Waals surface area contributed by atoms with Crippen LogP contribution in [-0.2, 0) is 6.54 Å². The van der Waals surface area contributed by atoms with E-state index in [-0.39, 0.29) is 0 Å². The highest BCUT2D eigenvalue weighted by molar-refractivity contribution is 9.10. The second-order valence-corrected chi connectivity index (χ2v) is 6.58. The predicted molar refractivity (Wildman–Crippen MR) is 88.5 cm³/mol. The minimum atomic E-state index is 0.298. The molecule has 0 spiro atoms. The zero-order valence-corrected chi connectivity index (χ0v) is 14.4. The predicted octanol–water partition coefficient (Wildman–Crippen LogP) is 5.72. The summed E-state index contributed by atoms with van der Waals surface area (Å²) in [7, 11) is 0. The minimum Gasteiger partial charge on any atom is -0.306 e. The molecule has 0 fully saturated rings. The summed E-state index contributed by atoms with van der Waals surface area (Å²) in [5, 5.41) is 4.24. The lowest BCUT2D eigenvalue weighted by Crippen LogP contribution is -2.18. The van der Waals surface area contributed by atoms with Crippen LogP contribution in [0.3, 0.4) is 0 Å². The fourth-order valence-electron chi connectivity index (χ4n) is 1.81. The summed E-state index contributed by atoms with van der Waals surface area (Å²) in [5.41, 5.74) is 2.47. The largest absolute Gasteiger partial charge is 0.306 e. The smallest absolute Gasteiger partial charge is 0.0548 e. The van der Waals surface area contributed by atoms with Crippen LogP contribution in [0.15, 0.2) is 51.4 Å². The molecule has 2 aromatic carbocycles. The van der Waals surface area contributed by atoms with Crippen LogP contribution < -0.4 is 5.32 Å². The molecule has 0 aromatic heterocycles. The molecule has 0 saturated heterocycles. The van der Waals surface area contributed by atoms with Gasteiger partial charge in [0.1, 0.15) is 0 Å². The van der Waals surface area contributed by atoms with Crippen LogP contribution in [-0.4, -0.2) is 0 Å². The Morgan fingerprint density at radius 2 is 1.95 bits per heavy atom. The van der Waals surface area contributed by atoms with E-state index in [1.165, 1.54) is 11.1 Å². The van der Waals surface area contributed by atoms with Crippen LogP contribution in [0.1, 0.15) is 24.1 Å². The Bertz CT molecular complexity index is 572. The van der Waals surface area contributed by atoms with Crippen molar-refractivity contribution >= 4 is 43.5 Å².